The number of carbonyl (C=O) groups is 2. The zero-order valence-corrected chi connectivity index (χ0v) is 21.4. The van der Waals surface area contributed by atoms with Crippen molar-refractivity contribution in [2.45, 2.75) is 70.1 Å². The van der Waals surface area contributed by atoms with E-state index in [0.717, 1.165) is 45.9 Å². The summed E-state index contributed by atoms with van der Waals surface area (Å²) in [4.78, 5) is 37.9. The summed E-state index contributed by atoms with van der Waals surface area (Å²) < 4.78 is 12.3. The number of halogens is 2. The fraction of sp³-hybridized carbons (Fsp3) is 0.619. The van der Waals surface area contributed by atoms with Gasteiger partial charge < -0.3 is 25.4 Å². The van der Waals surface area contributed by atoms with Crippen LogP contribution in [0.5, 0.6) is 0 Å². The predicted molar refractivity (Wildman–Crippen MR) is 128 cm³/mol. The lowest BCUT2D eigenvalue weighted by Gasteiger charge is -2.29. The molecule has 12 heteroatoms. The number of nitrogens with one attached hydrogen (secondary N) is 1. The van der Waals surface area contributed by atoms with E-state index in [1.165, 1.54) is 0 Å². The topological polar surface area (TPSA) is 143 Å². The summed E-state index contributed by atoms with van der Waals surface area (Å²) in [6.07, 6.45) is 3.93. The van der Waals surface area contributed by atoms with Gasteiger partial charge in [0.2, 0.25) is 0 Å². The highest BCUT2D eigenvalue weighted by atomic mass is 79.9. The van der Waals surface area contributed by atoms with E-state index in [2.05, 4.69) is 42.0 Å². The number of nitrogens with two attached hydrogens (primary N) is 1. The molecule has 0 heterocycles. The maximum absolute atomic E-state index is 12.0. The first kappa shape index (κ1) is 27.3. The van der Waals surface area contributed by atoms with E-state index in [-0.39, 0.29) is 32.2 Å². The van der Waals surface area contributed by atoms with E-state index in [9.17, 15) is 19.7 Å². The molecule has 1 fully saturated rings. The average Bonchev–Trinajstić information content (AvgIpc) is 2.77. The predicted octanol–water partition coefficient (Wildman–Crippen LogP) is 4.05. The standard InChI is InChI=1S/C21H29Br2N3O7/c22-15-11-14(21(24)18(23)12-15)13-25-16-3-5-17(6-4-16)33-20(28)8-7-19(27)31-9-1-2-10-32-26(29)30/h11-12,16-17,25H,1-10,13,24H2. The quantitative estimate of drug-likeness (QED) is 0.114. The minimum absolute atomic E-state index is 0.0293. The molecule has 0 aliphatic heterocycles. The molecule has 1 saturated carbocycles. The minimum Gasteiger partial charge on any atom is -0.466 e. The Bertz CT molecular complexity index is 817. The number of nitrogens with zero attached hydrogens (tertiary/aromatic N) is 1. The molecule has 0 unspecified atom stereocenters. The highest BCUT2D eigenvalue weighted by Gasteiger charge is 2.24. The summed E-state index contributed by atoms with van der Waals surface area (Å²) in [7, 11) is 0. The number of hydrogen-bond acceptors (Lipinski definition) is 9. The zero-order valence-electron chi connectivity index (χ0n) is 18.2. The molecule has 1 aromatic rings. The van der Waals surface area contributed by atoms with Crippen molar-refractivity contribution in [2.75, 3.05) is 18.9 Å². The van der Waals surface area contributed by atoms with Crippen molar-refractivity contribution in [3.63, 3.8) is 0 Å². The third-order valence-corrected chi connectivity index (χ3v) is 6.38. The minimum atomic E-state index is -0.861. The Morgan fingerprint density at radius 1 is 1.09 bits per heavy atom. The lowest BCUT2D eigenvalue weighted by atomic mass is 9.92. The summed E-state index contributed by atoms with van der Waals surface area (Å²) in [5.41, 5.74) is 7.86. The Hall–Kier alpha value is -1.92. The monoisotopic (exact) mass is 593 g/mol. The van der Waals surface area contributed by atoms with Crippen LogP contribution in [0.3, 0.4) is 0 Å². The van der Waals surface area contributed by atoms with Crippen molar-refractivity contribution in [3.8, 4) is 0 Å². The van der Waals surface area contributed by atoms with Crippen LogP contribution in [0.4, 0.5) is 5.69 Å². The molecule has 0 bridgehead atoms. The molecule has 0 aromatic heterocycles. The molecule has 1 aliphatic rings. The summed E-state index contributed by atoms with van der Waals surface area (Å²) in [5, 5.41) is 12.7. The molecule has 1 aromatic carbocycles. The number of rotatable bonds is 13. The van der Waals surface area contributed by atoms with Crippen LogP contribution in [-0.4, -0.2) is 42.4 Å². The molecule has 33 heavy (non-hydrogen) atoms. The molecular formula is C21H29Br2N3O7. The van der Waals surface area contributed by atoms with Gasteiger partial charge in [0, 0.05) is 21.5 Å². The van der Waals surface area contributed by atoms with Crippen LogP contribution in [0.2, 0.25) is 0 Å². The van der Waals surface area contributed by atoms with Gasteiger partial charge in [0.1, 0.15) is 6.10 Å². The Balaban J connectivity index is 1.56. The van der Waals surface area contributed by atoms with Crippen molar-refractivity contribution >= 4 is 49.5 Å². The molecule has 0 radical (unpaired) electrons. The normalized spacial score (nSPS) is 17.9. The highest BCUT2D eigenvalue weighted by molar-refractivity contribution is 9.11. The van der Waals surface area contributed by atoms with Crippen LogP contribution in [-0.2, 0) is 30.4 Å². The van der Waals surface area contributed by atoms with Gasteiger partial charge in [-0.15, -0.1) is 10.1 Å². The molecule has 0 saturated heterocycles. The Morgan fingerprint density at radius 2 is 1.76 bits per heavy atom. The summed E-state index contributed by atoms with van der Waals surface area (Å²) in [5.74, 6) is -0.900. The van der Waals surface area contributed by atoms with Gasteiger partial charge >= 0.3 is 11.9 Å². The average molecular weight is 595 g/mol. The van der Waals surface area contributed by atoms with Crippen molar-refractivity contribution in [1.29, 1.82) is 0 Å². The van der Waals surface area contributed by atoms with E-state index < -0.39 is 17.0 Å². The van der Waals surface area contributed by atoms with Crippen LogP contribution in [0.25, 0.3) is 0 Å². The Labute approximate surface area is 209 Å². The molecule has 0 spiro atoms. The molecule has 2 rings (SSSR count). The number of hydrogen-bond donors (Lipinski definition) is 2. The first-order valence-corrected chi connectivity index (χ1v) is 12.4. The van der Waals surface area contributed by atoms with Crippen LogP contribution in [0.15, 0.2) is 21.1 Å². The highest BCUT2D eigenvalue weighted by Crippen LogP contribution is 2.29. The fourth-order valence-electron chi connectivity index (χ4n) is 3.47. The maximum atomic E-state index is 12.0. The van der Waals surface area contributed by atoms with Gasteiger partial charge in [-0.25, -0.2) is 0 Å². The number of benzene rings is 1. The van der Waals surface area contributed by atoms with E-state index in [1.54, 1.807) is 0 Å². The number of nitrogen functional groups attached to an aromatic ring is 1. The first-order valence-electron chi connectivity index (χ1n) is 10.8. The van der Waals surface area contributed by atoms with Crippen LogP contribution < -0.4 is 11.1 Å². The second-order valence-electron chi connectivity index (χ2n) is 7.79. The summed E-state index contributed by atoms with van der Waals surface area (Å²) >= 11 is 6.93. The van der Waals surface area contributed by atoms with Crippen LogP contribution in [0, 0.1) is 10.1 Å². The molecule has 0 amide bonds. The van der Waals surface area contributed by atoms with Crippen molar-refractivity contribution in [3.05, 3.63) is 36.8 Å². The van der Waals surface area contributed by atoms with Crippen LogP contribution in [0.1, 0.15) is 56.9 Å². The van der Waals surface area contributed by atoms with Crippen molar-refractivity contribution in [1.82, 2.24) is 5.32 Å². The molecule has 1 aliphatic carbocycles. The molecule has 184 valence electrons. The van der Waals surface area contributed by atoms with Gasteiger partial charge in [0.25, 0.3) is 5.09 Å². The van der Waals surface area contributed by atoms with E-state index >= 15 is 0 Å². The van der Waals surface area contributed by atoms with Gasteiger partial charge in [0.05, 0.1) is 31.7 Å². The maximum Gasteiger partial charge on any atom is 0.306 e. The lowest BCUT2D eigenvalue weighted by molar-refractivity contribution is -0.757. The van der Waals surface area contributed by atoms with E-state index in [4.69, 9.17) is 15.2 Å². The van der Waals surface area contributed by atoms with Crippen molar-refractivity contribution in [2.24, 2.45) is 0 Å². The smallest absolute Gasteiger partial charge is 0.306 e. The van der Waals surface area contributed by atoms with E-state index in [1.807, 2.05) is 12.1 Å². The molecule has 10 nitrogen and oxygen atoms in total. The summed E-state index contributed by atoms with van der Waals surface area (Å²) in [6, 6.07) is 4.23. The van der Waals surface area contributed by atoms with Crippen molar-refractivity contribution < 1.29 is 29.0 Å². The second kappa shape index (κ2) is 14.4. The Morgan fingerprint density at radius 3 is 2.45 bits per heavy atom. The van der Waals surface area contributed by atoms with Gasteiger partial charge in [-0.1, -0.05) is 15.9 Å². The lowest BCUT2D eigenvalue weighted by Crippen LogP contribution is -2.35. The third kappa shape index (κ3) is 10.7. The summed E-state index contributed by atoms with van der Waals surface area (Å²) in [6.45, 7) is 0.753. The van der Waals surface area contributed by atoms with Gasteiger partial charge in [-0.05, 0) is 72.2 Å². The van der Waals surface area contributed by atoms with E-state index in [0.29, 0.717) is 25.4 Å². The molecule has 0 atom stereocenters. The van der Waals surface area contributed by atoms with Crippen LogP contribution >= 0.6 is 31.9 Å². The first-order chi connectivity index (χ1) is 15.7. The number of esters is 2. The number of carbonyl (C=O) groups excluding carboxylic acids is 2. The number of anilines is 1. The Kier molecular flexibility index (Phi) is 11.9. The third-order valence-electron chi connectivity index (χ3n) is 5.27. The van der Waals surface area contributed by atoms with Gasteiger partial charge in [-0.3, -0.25) is 9.59 Å². The number of ether oxygens (including phenoxy) is 2. The zero-order chi connectivity index (χ0) is 24.2. The number of unbranched alkanes of at least 4 members (excludes halogenated alkanes) is 1. The van der Waals surface area contributed by atoms with Gasteiger partial charge in [0.15, 0.2) is 0 Å². The fourth-order valence-corrected chi connectivity index (χ4v) is 4.79. The molecule has 3 N–H and O–H groups in total. The largest absolute Gasteiger partial charge is 0.466 e. The second-order valence-corrected chi connectivity index (χ2v) is 9.56. The molecular weight excluding hydrogens is 566 g/mol. The van der Waals surface area contributed by atoms with Gasteiger partial charge in [-0.2, -0.15) is 0 Å². The SMILES string of the molecule is Nc1c(Br)cc(Br)cc1CNC1CCC(OC(=O)CCC(=O)OCCCCO[N+](=O)[O-])CC1.